The molecule has 0 radical (unpaired) electrons. The van der Waals surface area contributed by atoms with E-state index >= 15 is 0 Å². The van der Waals surface area contributed by atoms with Crippen molar-refractivity contribution in [2.24, 2.45) is 10.7 Å². The average Bonchev–Trinajstić information content (AvgIpc) is 2.99. The molecular weight excluding hydrogens is 393 g/mol. The highest BCUT2D eigenvalue weighted by molar-refractivity contribution is 14.0. The Morgan fingerprint density at radius 1 is 1.24 bits per heavy atom. The molecule has 1 aromatic heterocycles. The van der Waals surface area contributed by atoms with Gasteiger partial charge in [0.2, 0.25) is 0 Å². The molecule has 0 bridgehead atoms. The number of benzene rings is 1. The largest absolute Gasteiger partial charge is 0.370 e. The topological polar surface area (TPSA) is 50.4 Å². The zero-order valence-corrected chi connectivity index (χ0v) is 15.3. The third-order valence-electron chi connectivity index (χ3n) is 3.16. The summed E-state index contributed by atoms with van der Waals surface area (Å²) in [4.78, 5) is 5.77. The Kier molecular flexibility index (Phi) is 8.37. The van der Waals surface area contributed by atoms with E-state index < -0.39 is 0 Å². The van der Waals surface area contributed by atoms with Crippen molar-refractivity contribution in [2.75, 3.05) is 13.1 Å². The molecule has 1 atom stereocenters. The zero-order chi connectivity index (χ0) is 14.2. The van der Waals surface area contributed by atoms with Gasteiger partial charge in [0.05, 0.1) is 0 Å². The van der Waals surface area contributed by atoms with Gasteiger partial charge in [-0.1, -0.05) is 43.3 Å². The van der Waals surface area contributed by atoms with E-state index in [-0.39, 0.29) is 24.0 Å². The van der Waals surface area contributed by atoms with E-state index in [1.165, 1.54) is 10.4 Å². The fraction of sp³-hybridized carbons (Fsp3) is 0.312. The standard InChI is InChI=1S/C16H21N3S.HI/c1-13(14-6-3-2-4-7-14)12-19-16(17)18-10-9-15-8-5-11-20-15;/h2-8,11,13H,9-10,12H2,1H3,(H3,17,18,19);1H. The lowest BCUT2D eigenvalue weighted by Crippen LogP contribution is -2.33. The molecule has 1 heterocycles. The molecule has 3 N–H and O–H groups in total. The predicted molar refractivity (Wildman–Crippen MR) is 103 cm³/mol. The second-order valence-corrected chi connectivity index (χ2v) is 5.83. The summed E-state index contributed by atoms with van der Waals surface area (Å²) in [6, 6.07) is 14.6. The predicted octanol–water partition coefficient (Wildman–Crippen LogP) is 3.62. The van der Waals surface area contributed by atoms with Crippen LogP contribution in [0.4, 0.5) is 0 Å². The summed E-state index contributed by atoms with van der Waals surface area (Å²) >= 11 is 1.77. The summed E-state index contributed by atoms with van der Waals surface area (Å²) in [6.07, 6.45) is 0.988. The van der Waals surface area contributed by atoms with Crippen LogP contribution in [0, 0.1) is 0 Å². The second kappa shape index (κ2) is 9.78. The van der Waals surface area contributed by atoms with E-state index in [1.807, 2.05) is 6.07 Å². The Balaban J connectivity index is 0.00000220. The number of nitrogens with one attached hydrogen (secondary N) is 1. The van der Waals surface area contributed by atoms with Gasteiger partial charge in [0.15, 0.2) is 5.96 Å². The molecule has 0 aliphatic carbocycles. The van der Waals surface area contributed by atoms with Crippen molar-refractivity contribution in [1.29, 1.82) is 0 Å². The monoisotopic (exact) mass is 415 g/mol. The van der Waals surface area contributed by atoms with Gasteiger partial charge >= 0.3 is 0 Å². The number of nitrogens with zero attached hydrogens (tertiary/aromatic N) is 1. The van der Waals surface area contributed by atoms with Gasteiger partial charge in [-0.3, -0.25) is 4.99 Å². The van der Waals surface area contributed by atoms with Crippen molar-refractivity contribution < 1.29 is 0 Å². The number of nitrogens with two attached hydrogens (primary N) is 1. The third-order valence-corrected chi connectivity index (χ3v) is 4.10. The molecule has 2 aromatic rings. The Morgan fingerprint density at radius 2 is 2.00 bits per heavy atom. The highest BCUT2D eigenvalue weighted by Gasteiger charge is 2.03. The maximum atomic E-state index is 5.88. The normalized spacial score (nSPS) is 12.5. The summed E-state index contributed by atoms with van der Waals surface area (Å²) in [5.41, 5.74) is 7.18. The Morgan fingerprint density at radius 3 is 2.67 bits per heavy atom. The van der Waals surface area contributed by atoms with E-state index in [4.69, 9.17) is 5.73 Å². The van der Waals surface area contributed by atoms with Crippen molar-refractivity contribution >= 4 is 41.3 Å². The lowest BCUT2D eigenvalue weighted by molar-refractivity contribution is 0.763. The van der Waals surface area contributed by atoms with Gasteiger partial charge in [0, 0.05) is 23.9 Å². The molecule has 1 aromatic carbocycles. The van der Waals surface area contributed by atoms with Gasteiger partial charge in [-0.25, -0.2) is 0 Å². The highest BCUT2D eigenvalue weighted by atomic mass is 127. The Labute approximate surface area is 147 Å². The fourth-order valence-electron chi connectivity index (χ4n) is 1.95. The summed E-state index contributed by atoms with van der Waals surface area (Å²) < 4.78 is 0. The van der Waals surface area contributed by atoms with Crippen LogP contribution in [-0.2, 0) is 6.42 Å². The van der Waals surface area contributed by atoms with Crippen LogP contribution in [0.25, 0.3) is 0 Å². The highest BCUT2D eigenvalue weighted by Crippen LogP contribution is 2.14. The number of hydrogen-bond donors (Lipinski definition) is 2. The van der Waals surface area contributed by atoms with Gasteiger partial charge in [-0.05, 0) is 23.4 Å². The van der Waals surface area contributed by atoms with Gasteiger partial charge in [-0.2, -0.15) is 0 Å². The number of halogens is 1. The second-order valence-electron chi connectivity index (χ2n) is 4.79. The maximum Gasteiger partial charge on any atom is 0.188 e. The Hall–Kier alpha value is -1.08. The number of thiophene rings is 1. The first kappa shape index (κ1) is 18.0. The summed E-state index contributed by atoms with van der Waals surface area (Å²) in [6.45, 7) is 3.70. The molecule has 0 amide bonds. The molecule has 0 fully saturated rings. The van der Waals surface area contributed by atoms with Gasteiger partial charge in [0.25, 0.3) is 0 Å². The molecule has 1 unspecified atom stereocenters. The molecule has 0 spiro atoms. The molecule has 0 aliphatic heterocycles. The van der Waals surface area contributed by atoms with E-state index in [1.54, 1.807) is 11.3 Å². The SMILES string of the molecule is CC(CN=C(N)NCCc1cccs1)c1ccccc1.I. The summed E-state index contributed by atoms with van der Waals surface area (Å²) in [5, 5.41) is 5.25. The Bertz CT molecular complexity index is 526. The van der Waals surface area contributed by atoms with Crippen molar-refractivity contribution in [1.82, 2.24) is 5.32 Å². The zero-order valence-electron chi connectivity index (χ0n) is 12.2. The molecule has 3 nitrogen and oxygen atoms in total. The minimum absolute atomic E-state index is 0. The van der Waals surface area contributed by atoms with Crippen LogP contribution >= 0.6 is 35.3 Å². The number of hydrogen-bond acceptors (Lipinski definition) is 2. The molecule has 5 heteroatoms. The van der Waals surface area contributed by atoms with Crippen LogP contribution in [0.1, 0.15) is 23.3 Å². The lowest BCUT2D eigenvalue weighted by atomic mass is 10.0. The summed E-state index contributed by atoms with van der Waals surface area (Å²) in [7, 11) is 0. The van der Waals surface area contributed by atoms with Crippen LogP contribution in [0.3, 0.4) is 0 Å². The number of aliphatic imine (C=N–C) groups is 1. The number of rotatable bonds is 6. The van der Waals surface area contributed by atoms with Crippen LogP contribution in [0.15, 0.2) is 52.8 Å². The minimum atomic E-state index is 0. The van der Waals surface area contributed by atoms with Crippen molar-refractivity contribution in [3.05, 3.63) is 58.3 Å². The van der Waals surface area contributed by atoms with Gasteiger partial charge in [0.1, 0.15) is 0 Å². The molecule has 21 heavy (non-hydrogen) atoms. The molecule has 0 saturated carbocycles. The third kappa shape index (κ3) is 6.48. The maximum absolute atomic E-state index is 5.88. The number of guanidine groups is 1. The van der Waals surface area contributed by atoms with E-state index in [2.05, 4.69) is 59.0 Å². The van der Waals surface area contributed by atoms with Crippen molar-refractivity contribution in [3.63, 3.8) is 0 Å². The van der Waals surface area contributed by atoms with Crippen LogP contribution in [0.2, 0.25) is 0 Å². The van der Waals surface area contributed by atoms with E-state index in [0.29, 0.717) is 18.4 Å². The van der Waals surface area contributed by atoms with Crippen LogP contribution in [0.5, 0.6) is 0 Å². The van der Waals surface area contributed by atoms with Gasteiger partial charge < -0.3 is 11.1 Å². The molecular formula is C16H22IN3S. The molecule has 114 valence electrons. The van der Waals surface area contributed by atoms with Crippen LogP contribution < -0.4 is 11.1 Å². The van der Waals surface area contributed by atoms with Crippen molar-refractivity contribution in [2.45, 2.75) is 19.3 Å². The van der Waals surface area contributed by atoms with Crippen LogP contribution in [-0.4, -0.2) is 19.0 Å². The smallest absolute Gasteiger partial charge is 0.188 e. The van der Waals surface area contributed by atoms with Gasteiger partial charge in [-0.15, -0.1) is 35.3 Å². The average molecular weight is 415 g/mol. The van der Waals surface area contributed by atoms with Crippen molar-refractivity contribution in [3.8, 4) is 0 Å². The fourth-order valence-corrected chi connectivity index (χ4v) is 2.66. The van der Waals surface area contributed by atoms with E-state index in [0.717, 1.165) is 13.0 Å². The first-order valence-electron chi connectivity index (χ1n) is 6.87. The molecule has 2 rings (SSSR count). The molecule has 0 saturated heterocycles. The minimum Gasteiger partial charge on any atom is -0.370 e. The first-order chi connectivity index (χ1) is 9.75. The quantitative estimate of drug-likeness (QED) is 0.430. The van der Waals surface area contributed by atoms with E-state index in [9.17, 15) is 0 Å². The summed E-state index contributed by atoms with van der Waals surface area (Å²) in [5.74, 6) is 0.915. The first-order valence-corrected chi connectivity index (χ1v) is 7.75. The molecule has 0 aliphatic rings. The lowest BCUT2D eigenvalue weighted by Gasteiger charge is -2.10.